The van der Waals surface area contributed by atoms with Crippen LogP contribution in [-0.2, 0) is 4.84 Å². The molecule has 0 saturated heterocycles. The van der Waals surface area contributed by atoms with E-state index < -0.39 is 0 Å². The van der Waals surface area contributed by atoms with Gasteiger partial charge in [-0.2, -0.15) is 5.48 Å². The minimum atomic E-state index is 0.165. The van der Waals surface area contributed by atoms with Crippen LogP contribution < -0.4 is 15.0 Å². The number of hydrogen-bond donors (Lipinski definition) is 1. The molecule has 0 aliphatic carbocycles. The molecule has 0 amide bonds. The lowest BCUT2D eigenvalue weighted by Gasteiger charge is -2.18. The van der Waals surface area contributed by atoms with Gasteiger partial charge in [0.25, 0.3) is 0 Å². The third kappa shape index (κ3) is 2.94. The van der Waals surface area contributed by atoms with Gasteiger partial charge in [0.05, 0.1) is 26.4 Å². The van der Waals surface area contributed by atoms with Gasteiger partial charge in [-0.15, -0.1) is 0 Å². The van der Waals surface area contributed by atoms with Gasteiger partial charge >= 0.3 is 0 Å². The fourth-order valence-corrected chi connectivity index (χ4v) is 2.17. The maximum Gasteiger partial charge on any atom is 0.166 e. The predicted octanol–water partition coefficient (Wildman–Crippen LogP) is 2.84. The molecule has 100 valence electrons. The van der Waals surface area contributed by atoms with Crippen LogP contribution in [0.25, 0.3) is 0 Å². The lowest BCUT2D eigenvalue weighted by atomic mass is 10.0. The molecule has 1 aliphatic heterocycles. The van der Waals surface area contributed by atoms with E-state index in [4.69, 9.17) is 14.3 Å². The Morgan fingerprint density at radius 2 is 2.33 bits per heavy atom. The first-order valence-electron chi connectivity index (χ1n) is 6.53. The quantitative estimate of drug-likeness (QED) is 0.817. The number of fused-ring (bicyclic) bond motifs is 1. The number of hydroxylamine groups is 1. The highest BCUT2D eigenvalue weighted by atomic mass is 16.6. The normalized spacial score (nSPS) is 18.7. The molecule has 0 bridgehead atoms. The molecule has 0 aromatic heterocycles. The van der Waals surface area contributed by atoms with Crippen molar-refractivity contribution < 1.29 is 14.3 Å². The zero-order chi connectivity index (χ0) is 12.8. The molecule has 0 saturated carbocycles. The van der Waals surface area contributed by atoms with E-state index in [-0.39, 0.29) is 6.04 Å². The molecule has 1 aromatic carbocycles. The van der Waals surface area contributed by atoms with E-state index in [1.165, 1.54) is 0 Å². The summed E-state index contributed by atoms with van der Waals surface area (Å²) < 4.78 is 11.6. The van der Waals surface area contributed by atoms with Crippen LogP contribution >= 0.6 is 0 Å². The molecule has 18 heavy (non-hydrogen) atoms. The van der Waals surface area contributed by atoms with Crippen LogP contribution in [0, 0.1) is 0 Å². The SMILES string of the molecule is CCCOc1cccc2c1OCCCC2NOC. The summed E-state index contributed by atoms with van der Waals surface area (Å²) in [5.74, 6) is 1.69. The molecule has 1 atom stereocenters. The van der Waals surface area contributed by atoms with Gasteiger partial charge in [0.2, 0.25) is 0 Å². The third-order valence-electron chi connectivity index (χ3n) is 2.99. The Morgan fingerprint density at radius 1 is 1.44 bits per heavy atom. The highest BCUT2D eigenvalue weighted by Crippen LogP contribution is 2.38. The molecule has 2 rings (SSSR count). The van der Waals surface area contributed by atoms with Gasteiger partial charge in [0.15, 0.2) is 11.5 Å². The van der Waals surface area contributed by atoms with E-state index >= 15 is 0 Å². The summed E-state index contributed by atoms with van der Waals surface area (Å²) in [7, 11) is 1.64. The summed E-state index contributed by atoms with van der Waals surface area (Å²) in [6.07, 6.45) is 2.99. The molecular formula is C14H21NO3. The minimum Gasteiger partial charge on any atom is -0.490 e. The van der Waals surface area contributed by atoms with Gasteiger partial charge < -0.3 is 14.3 Å². The maximum absolute atomic E-state index is 5.83. The van der Waals surface area contributed by atoms with Crippen LogP contribution in [-0.4, -0.2) is 20.3 Å². The van der Waals surface area contributed by atoms with Crippen molar-refractivity contribution in [1.29, 1.82) is 0 Å². The van der Waals surface area contributed by atoms with Gasteiger partial charge in [-0.05, 0) is 25.3 Å². The van der Waals surface area contributed by atoms with E-state index in [1.54, 1.807) is 7.11 Å². The Morgan fingerprint density at radius 3 is 3.11 bits per heavy atom. The summed E-state index contributed by atoms with van der Waals surface area (Å²) in [5, 5.41) is 0. The van der Waals surface area contributed by atoms with Crippen molar-refractivity contribution in [2.75, 3.05) is 20.3 Å². The minimum absolute atomic E-state index is 0.165. The average molecular weight is 251 g/mol. The Balaban J connectivity index is 2.27. The standard InChI is InChI=1S/C14H21NO3/c1-3-9-17-13-8-4-6-11-12(15-16-2)7-5-10-18-14(11)13/h4,6,8,12,15H,3,5,7,9-10H2,1-2H3. The lowest BCUT2D eigenvalue weighted by molar-refractivity contribution is 0.0579. The fraction of sp³-hybridized carbons (Fsp3) is 0.571. The van der Waals surface area contributed by atoms with Crippen LogP contribution in [0.1, 0.15) is 37.8 Å². The van der Waals surface area contributed by atoms with E-state index in [1.807, 2.05) is 12.1 Å². The Hall–Kier alpha value is -1.26. The van der Waals surface area contributed by atoms with Crippen molar-refractivity contribution in [3.8, 4) is 11.5 Å². The van der Waals surface area contributed by atoms with E-state index in [0.717, 1.165) is 42.9 Å². The van der Waals surface area contributed by atoms with Crippen molar-refractivity contribution in [2.24, 2.45) is 0 Å². The van der Waals surface area contributed by atoms with Crippen LogP contribution in [0.5, 0.6) is 11.5 Å². The highest BCUT2D eigenvalue weighted by Gasteiger charge is 2.22. The van der Waals surface area contributed by atoms with Gasteiger partial charge in [0.1, 0.15) is 0 Å². The van der Waals surface area contributed by atoms with Gasteiger partial charge in [-0.1, -0.05) is 19.1 Å². The first-order chi connectivity index (χ1) is 8.86. The molecule has 1 unspecified atom stereocenters. The second-order valence-corrected chi connectivity index (χ2v) is 4.39. The van der Waals surface area contributed by atoms with Gasteiger partial charge in [-0.3, -0.25) is 0 Å². The largest absolute Gasteiger partial charge is 0.490 e. The summed E-state index contributed by atoms with van der Waals surface area (Å²) in [5.41, 5.74) is 4.14. The lowest BCUT2D eigenvalue weighted by Crippen LogP contribution is -2.19. The van der Waals surface area contributed by atoms with Crippen molar-refractivity contribution in [1.82, 2.24) is 5.48 Å². The number of ether oxygens (including phenoxy) is 2. The Labute approximate surface area is 108 Å². The summed E-state index contributed by atoms with van der Waals surface area (Å²) >= 11 is 0. The van der Waals surface area contributed by atoms with Crippen molar-refractivity contribution >= 4 is 0 Å². The molecule has 1 aromatic rings. The molecule has 4 heteroatoms. The van der Waals surface area contributed by atoms with E-state index in [9.17, 15) is 0 Å². The van der Waals surface area contributed by atoms with E-state index in [0.29, 0.717) is 6.61 Å². The van der Waals surface area contributed by atoms with Crippen molar-refractivity contribution in [3.05, 3.63) is 23.8 Å². The summed E-state index contributed by atoms with van der Waals surface area (Å²) in [6.45, 7) is 3.53. The molecule has 0 spiro atoms. The van der Waals surface area contributed by atoms with Gasteiger partial charge in [-0.25, -0.2) is 0 Å². The average Bonchev–Trinajstić information content (AvgIpc) is 2.60. The smallest absolute Gasteiger partial charge is 0.166 e. The highest BCUT2D eigenvalue weighted by molar-refractivity contribution is 5.48. The molecule has 0 radical (unpaired) electrons. The topological polar surface area (TPSA) is 39.7 Å². The molecule has 4 nitrogen and oxygen atoms in total. The zero-order valence-corrected chi connectivity index (χ0v) is 11.1. The van der Waals surface area contributed by atoms with Crippen LogP contribution in [0.4, 0.5) is 0 Å². The zero-order valence-electron chi connectivity index (χ0n) is 11.1. The van der Waals surface area contributed by atoms with Crippen molar-refractivity contribution in [2.45, 2.75) is 32.2 Å². The monoisotopic (exact) mass is 251 g/mol. The van der Waals surface area contributed by atoms with Crippen LogP contribution in [0.2, 0.25) is 0 Å². The number of nitrogens with one attached hydrogen (secondary N) is 1. The maximum atomic E-state index is 5.83. The number of rotatable bonds is 5. The molecule has 1 aliphatic rings. The Bertz CT molecular complexity index is 381. The molecule has 0 fully saturated rings. The van der Waals surface area contributed by atoms with Crippen LogP contribution in [0.15, 0.2) is 18.2 Å². The third-order valence-corrected chi connectivity index (χ3v) is 2.99. The summed E-state index contributed by atoms with van der Waals surface area (Å²) in [4.78, 5) is 5.07. The first-order valence-corrected chi connectivity index (χ1v) is 6.53. The molecule has 1 heterocycles. The van der Waals surface area contributed by atoms with Gasteiger partial charge in [0, 0.05) is 5.56 Å². The second-order valence-electron chi connectivity index (χ2n) is 4.39. The molecular weight excluding hydrogens is 230 g/mol. The second kappa shape index (κ2) is 6.61. The number of benzene rings is 1. The van der Waals surface area contributed by atoms with Crippen LogP contribution in [0.3, 0.4) is 0 Å². The Kier molecular flexibility index (Phi) is 4.84. The number of para-hydroxylation sites is 1. The number of hydrogen-bond acceptors (Lipinski definition) is 4. The van der Waals surface area contributed by atoms with Crippen molar-refractivity contribution in [3.63, 3.8) is 0 Å². The predicted molar refractivity (Wildman–Crippen MR) is 69.8 cm³/mol. The molecule has 1 N–H and O–H groups in total. The van der Waals surface area contributed by atoms with E-state index in [2.05, 4.69) is 18.5 Å². The summed E-state index contributed by atoms with van der Waals surface area (Å²) in [6, 6.07) is 6.19. The first kappa shape index (κ1) is 13.2. The fourth-order valence-electron chi connectivity index (χ4n) is 2.17.